The lowest BCUT2D eigenvalue weighted by Gasteiger charge is -2.07. The molecule has 114 valence electrons. The second-order valence-corrected chi connectivity index (χ2v) is 4.11. The van der Waals surface area contributed by atoms with E-state index < -0.39 is 11.7 Å². The zero-order chi connectivity index (χ0) is 15.7. The number of aliphatic imine (C=N–C) groups is 1. The lowest BCUT2D eigenvalue weighted by Crippen LogP contribution is -2.37. The highest BCUT2D eigenvalue weighted by Gasteiger charge is 2.30. The largest absolute Gasteiger partial charge is 0.416 e. The van der Waals surface area contributed by atoms with Crippen LogP contribution >= 0.6 is 0 Å². The van der Waals surface area contributed by atoms with Gasteiger partial charge < -0.3 is 10.6 Å². The van der Waals surface area contributed by atoms with Crippen LogP contribution in [0.1, 0.15) is 25.0 Å². The summed E-state index contributed by atoms with van der Waals surface area (Å²) in [5, 5.41) is 6.07. The summed E-state index contributed by atoms with van der Waals surface area (Å²) in [4.78, 5) is 4.19. The molecular formula is C15H18F3N3. The normalized spacial score (nSPS) is 10.3. The third-order valence-electron chi connectivity index (χ3n) is 2.43. The molecule has 0 amide bonds. The SMILES string of the molecule is CCNC(=NCC#Cc1cccc(C(F)(F)F)c1)NCC. The average molecular weight is 297 g/mol. The summed E-state index contributed by atoms with van der Waals surface area (Å²) in [6.07, 6.45) is -4.35. The van der Waals surface area contributed by atoms with Gasteiger partial charge in [-0.25, -0.2) is 4.99 Å². The van der Waals surface area contributed by atoms with Crippen molar-refractivity contribution in [2.24, 2.45) is 4.99 Å². The Hall–Kier alpha value is -2.16. The van der Waals surface area contributed by atoms with E-state index >= 15 is 0 Å². The zero-order valence-corrected chi connectivity index (χ0v) is 12.0. The molecule has 3 nitrogen and oxygen atoms in total. The highest BCUT2D eigenvalue weighted by molar-refractivity contribution is 5.79. The van der Waals surface area contributed by atoms with Gasteiger partial charge in [0.15, 0.2) is 5.96 Å². The predicted molar refractivity (Wildman–Crippen MR) is 78.0 cm³/mol. The number of benzene rings is 1. The lowest BCUT2D eigenvalue weighted by molar-refractivity contribution is -0.137. The summed E-state index contributed by atoms with van der Waals surface area (Å²) in [7, 11) is 0. The fourth-order valence-electron chi connectivity index (χ4n) is 1.54. The summed E-state index contributed by atoms with van der Waals surface area (Å²) >= 11 is 0. The van der Waals surface area contributed by atoms with Gasteiger partial charge in [0.05, 0.1) is 5.56 Å². The Balaban J connectivity index is 2.72. The van der Waals surface area contributed by atoms with Gasteiger partial charge >= 0.3 is 6.18 Å². The first-order chi connectivity index (χ1) is 9.97. The van der Waals surface area contributed by atoms with Crippen LogP contribution < -0.4 is 10.6 Å². The molecule has 0 fully saturated rings. The van der Waals surface area contributed by atoms with Crippen molar-refractivity contribution < 1.29 is 13.2 Å². The van der Waals surface area contributed by atoms with Gasteiger partial charge in [-0.1, -0.05) is 17.9 Å². The van der Waals surface area contributed by atoms with Crippen molar-refractivity contribution in [3.63, 3.8) is 0 Å². The van der Waals surface area contributed by atoms with Crippen molar-refractivity contribution in [1.82, 2.24) is 10.6 Å². The maximum atomic E-state index is 12.5. The van der Waals surface area contributed by atoms with E-state index in [-0.39, 0.29) is 6.54 Å². The highest BCUT2D eigenvalue weighted by Crippen LogP contribution is 2.29. The first-order valence-corrected chi connectivity index (χ1v) is 6.65. The van der Waals surface area contributed by atoms with E-state index in [1.807, 2.05) is 13.8 Å². The molecule has 1 aromatic rings. The second-order valence-electron chi connectivity index (χ2n) is 4.11. The molecule has 6 heteroatoms. The molecule has 2 N–H and O–H groups in total. The van der Waals surface area contributed by atoms with Gasteiger partial charge in [-0.2, -0.15) is 13.2 Å². The van der Waals surface area contributed by atoms with E-state index in [0.29, 0.717) is 11.5 Å². The van der Waals surface area contributed by atoms with E-state index in [0.717, 1.165) is 25.2 Å². The van der Waals surface area contributed by atoms with Crippen LogP contribution in [0.2, 0.25) is 0 Å². The quantitative estimate of drug-likeness (QED) is 0.511. The number of alkyl halides is 3. The molecule has 0 spiro atoms. The third kappa shape index (κ3) is 6.21. The summed E-state index contributed by atoms with van der Waals surface area (Å²) in [6.45, 7) is 5.56. The highest BCUT2D eigenvalue weighted by atomic mass is 19.4. The summed E-state index contributed by atoms with van der Waals surface area (Å²) in [6, 6.07) is 4.95. The molecule has 0 bridgehead atoms. The topological polar surface area (TPSA) is 36.4 Å². The van der Waals surface area contributed by atoms with E-state index in [9.17, 15) is 13.2 Å². The van der Waals surface area contributed by atoms with Crippen molar-refractivity contribution >= 4 is 5.96 Å². The number of nitrogens with one attached hydrogen (secondary N) is 2. The van der Waals surface area contributed by atoms with Crippen molar-refractivity contribution in [2.45, 2.75) is 20.0 Å². The lowest BCUT2D eigenvalue weighted by atomic mass is 10.1. The molecule has 0 aliphatic heterocycles. The smallest absolute Gasteiger partial charge is 0.357 e. The van der Waals surface area contributed by atoms with E-state index in [4.69, 9.17) is 0 Å². The summed E-state index contributed by atoms with van der Waals surface area (Å²) in [5.74, 6) is 6.06. The first-order valence-electron chi connectivity index (χ1n) is 6.65. The fourth-order valence-corrected chi connectivity index (χ4v) is 1.54. The molecule has 21 heavy (non-hydrogen) atoms. The molecule has 0 unspecified atom stereocenters. The number of hydrogen-bond acceptors (Lipinski definition) is 1. The van der Waals surface area contributed by atoms with Crippen LogP contribution in [-0.2, 0) is 6.18 Å². The maximum absolute atomic E-state index is 12.5. The molecule has 1 rings (SSSR count). The van der Waals surface area contributed by atoms with Crippen LogP contribution in [0, 0.1) is 11.8 Å². The predicted octanol–water partition coefficient (Wildman–Crippen LogP) is 2.63. The van der Waals surface area contributed by atoms with Gasteiger partial charge in [0.25, 0.3) is 0 Å². The van der Waals surface area contributed by atoms with Crippen LogP contribution in [0.25, 0.3) is 0 Å². The molecule has 1 aromatic carbocycles. The van der Waals surface area contributed by atoms with Gasteiger partial charge in [0, 0.05) is 18.7 Å². The number of guanidine groups is 1. The van der Waals surface area contributed by atoms with Crippen LogP contribution in [0.15, 0.2) is 29.3 Å². The number of nitrogens with zero attached hydrogens (tertiary/aromatic N) is 1. The summed E-state index contributed by atoms with van der Waals surface area (Å²) in [5.41, 5.74) is -0.368. The number of rotatable bonds is 3. The Bertz CT molecular complexity index is 531. The minimum atomic E-state index is -4.35. The molecule has 0 atom stereocenters. The zero-order valence-electron chi connectivity index (χ0n) is 12.0. The standard InChI is InChI=1S/C15H18F3N3/c1-3-19-14(20-4-2)21-10-6-8-12-7-5-9-13(11-12)15(16,17)18/h5,7,9,11H,3-4,10H2,1-2H3,(H2,19,20,21). The van der Waals surface area contributed by atoms with Crippen molar-refractivity contribution in [3.8, 4) is 11.8 Å². The Morgan fingerprint density at radius 3 is 2.43 bits per heavy atom. The molecule has 0 heterocycles. The fraction of sp³-hybridized carbons (Fsp3) is 0.400. The third-order valence-corrected chi connectivity index (χ3v) is 2.43. The van der Waals surface area contributed by atoms with Crippen LogP contribution in [0.4, 0.5) is 13.2 Å². The van der Waals surface area contributed by atoms with Crippen LogP contribution in [0.3, 0.4) is 0 Å². The van der Waals surface area contributed by atoms with Crippen LogP contribution in [-0.4, -0.2) is 25.6 Å². The molecule has 0 aliphatic carbocycles. The average Bonchev–Trinajstić information content (AvgIpc) is 2.43. The molecular weight excluding hydrogens is 279 g/mol. The number of hydrogen-bond donors (Lipinski definition) is 2. The molecule has 0 aromatic heterocycles. The Morgan fingerprint density at radius 2 is 1.86 bits per heavy atom. The van der Waals surface area contributed by atoms with Crippen LogP contribution in [0.5, 0.6) is 0 Å². The van der Waals surface area contributed by atoms with E-state index in [1.54, 1.807) is 6.07 Å². The molecule has 0 saturated carbocycles. The van der Waals surface area contributed by atoms with Gasteiger partial charge in [0.1, 0.15) is 6.54 Å². The van der Waals surface area contributed by atoms with Crippen molar-refractivity contribution in [1.29, 1.82) is 0 Å². The van der Waals surface area contributed by atoms with E-state index in [1.165, 1.54) is 6.07 Å². The van der Waals surface area contributed by atoms with Gasteiger partial charge in [-0.15, -0.1) is 0 Å². The Labute approximate surface area is 122 Å². The maximum Gasteiger partial charge on any atom is 0.416 e. The van der Waals surface area contributed by atoms with Gasteiger partial charge in [0.2, 0.25) is 0 Å². The van der Waals surface area contributed by atoms with Gasteiger partial charge in [-0.05, 0) is 32.0 Å². The van der Waals surface area contributed by atoms with Gasteiger partial charge in [-0.3, -0.25) is 0 Å². The number of halogens is 3. The van der Waals surface area contributed by atoms with Crippen molar-refractivity contribution in [3.05, 3.63) is 35.4 Å². The molecule has 0 radical (unpaired) electrons. The second kappa shape index (κ2) is 8.20. The minimum Gasteiger partial charge on any atom is -0.357 e. The monoisotopic (exact) mass is 297 g/mol. The molecule has 0 saturated heterocycles. The minimum absolute atomic E-state index is 0.214. The Morgan fingerprint density at radius 1 is 1.19 bits per heavy atom. The Kier molecular flexibility index (Phi) is 6.60. The summed E-state index contributed by atoms with van der Waals surface area (Å²) < 4.78 is 37.6. The first kappa shape index (κ1) is 16.9. The van der Waals surface area contributed by atoms with E-state index in [2.05, 4.69) is 27.5 Å². The molecule has 0 aliphatic rings. The van der Waals surface area contributed by atoms with Crippen molar-refractivity contribution in [2.75, 3.05) is 19.6 Å².